The lowest BCUT2D eigenvalue weighted by atomic mass is 9.49. The number of nitrogens with zero attached hydrogens (tertiary/aromatic N) is 1. The van der Waals surface area contributed by atoms with Gasteiger partial charge in [-0.2, -0.15) is 0 Å². The summed E-state index contributed by atoms with van der Waals surface area (Å²) in [5.41, 5.74) is 2.75. The smallest absolute Gasteiger partial charge is 0.132 e. The molecule has 3 rings (SSSR count). The third-order valence-corrected chi connectivity index (χ3v) is 7.58. The Morgan fingerprint density at radius 3 is 2.77 bits per heavy atom. The van der Waals surface area contributed by atoms with Gasteiger partial charge >= 0.3 is 0 Å². The number of fused-ring (bicyclic) bond motifs is 4. The number of Topliss-reactive ketones (excluding diaryl/α,β-unsaturated/α-hetero) is 1. The summed E-state index contributed by atoms with van der Waals surface area (Å²) in [5, 5.41) is 10.1. The predicted molar refractivity (Wildman–Crippen MR) is 107 cm³/mol. The molecule has 3 heteroatoms. The van der Waals surface area contributed by atoms with E-state index in [0.717, 1.165) is 51.5 Å². The Hall–Kier alpha value is -1.35. The van der Waals surface area contributed by atoms with Gasteiger partial charge in [-0.3, -0.25) is 4.79 Å². The lowest BCUT2D eigenvalue weighted by Gasteiger charge is -2.62. The molecule has 0 saturated carbocycles. The molecule has 1 aromatic rings. The van der Waals surface area contributed by atoms with Crippen LogP contribution in [-0.4, -0.2) is 35.4 Å². The maximum Gasteiger partial charge on any atom is 0.132 e. The van der Waals surface area contributed by atoms with Crippen molar-refractivity contribution in [2.75, 3.05) is 13.6 Å². The van der Waals surface area contributed by atoms with Crippen molar-refractivity contribution < 1.29 is 9.90 Å². The summed E-state index contributed by atoms with van der Waals surface area (Å²) in [6.45, 7) is 8.01. The number of carbonyl (C=O) groups excluding carboxylic acids is 1. The van der Waals surface area contributed by atoms with Crippen LogP contribution in [0.2, 0.25) is 0 Å². The third kappa shape index (κ3) is 3.19. The number of hydrogen-bond acceptors (Lipinski definition) is 3. The fourth-order valence-electron chi connectivity index (χ4n) is 5.52. The minimum Gasteiger partial charge on any atom is -0.508 e. The van der Waals surface area contributed by atoms with Crippen LogP contribution in [0.1, 0.15) is 76.8 Å². The topological polar surface area (TPSA) is 40.5 Å². The third-order valence-electron chi connectivity index (χ3n) is 7.58. The molecule has 1 aliphatic heterocycles. The van der Waals surface area contributed by atoms with Gasteiger partial charge in [-0.15, -0.1) is 0 Å². The number of ketones is 1. The summed E-state index contributed by atoms with van der Waals surface area (Å²) in [7, 11) is 2.23. The van der Waals surface area contributed by atoms with Crippen LogP contribution in [-0.2, 0) is 16.6 Å². The molecular formula is C23H35NO2. The number of likely N-dealkylation sites (N-methyl/N-ethyl adjacent to an activating group) is 1. The number of hydrogen-bond donors (Lipinski definition) is 1. The molecule has 0 spiro atoms. The van der Waals surface area contributed by atoms with Crippen LogP contribution < -0.4 is 0 Å². The van der Waals surface area contributed by atoms with E-state index < -0.39 is 0 Å². The van der Waals surface area contributed by atoms with E-state index in [2.05, 4.69) is 38.8 Å². The number of likely N-dealkylation sites (tertiary alicyclic amines) is 1. The molecule has 3 atom stereocenters. The van der Waals surface area contributed by atoms with Crippen LogP contribution in [0.4, 0.5) is 0 Å². The van der Waals surface area contributed by atoms with Crippen molar-refractivity contribution in [3.05, 3.63) is 29.3 Å². The van der Waals surface area contributed by atoms with Crippen LogP contribution in [0.15, 0.2) is 18.2 Å². The molecular weight excluding hydrogens is 322 g/mol. The molecule has 1 saturated heterocycles. The molecule has 0 amide bonds. The van der Waals surface area contributed by atoms with Gasteiger partial charge in [0.2, 0.25) is 0 Å². The Bertz CT molecular complexity index is 670. The molecule has 1 unspecified atom stereocenters. The molecule has 26 heavy (non-hydrogen) atoms. The average molecular weight is 358 g/mol. The van der Waals surface area contributed by atoms with E-state index in [1.807, 2.05) is 12.1 Å². The molecule has 1 fully saturated rings. The van der Waals surface area contributed by atoms with Gasteiger partial charge in [0.1, 0.15) is 11.5 Å². The second kappa shape index (κ2) is 7.34. The zero-order valence-corrected chi connectivity index (χ0v) is 17.0. The standard InChI is InChI=1S/C23H35NO2/c1-5-6-7-8-18(25)11-12-23(3)21-15-17-9-10-19(26)16-20(17)22(23,2)13-14-24(21)4/h9-10,16,21,26H,5-8,11-15H2,1-4H3/t21-,22+,23?/m1/s1. The Labute approximate surface area is 158 Å². The van der Waals surface area contributed by atoms with Gasteiger partial charge in [-0.25, -0.2) is 0 Å². The van der Waals surface area contributed by atoms with Crippen LogP contribution >= 0.6 is 0 Å². The minimum atomic E-state index is 0.0141. The summed E-state index contributed by atoms with van der Waals surface area (Å²) in [6, 6.07) is 6.36. The molecule has 2 bridgehead atoms. The Morgan fingerprint density at radius 2 is 2.04 bits per heavy atom. The first-order valence-corrected chi connectivity index (χ1v) is 10.4. The van der Waals surface area contributed by atoms with E-state index in [9.17, 15) is 9.90 Å². The number of phenols is 1. The molecule has 1 N–H and O–H groups in total. The van der Waals surface area contributed by atoms with Crippen molar-refractivity contribution in [1.29, 1.82) is 0 Å². The first-order chi connectivity index (χ1) is 12.3. The average Bonchev–Trinajstić information content (AvgIpc) is 2.61. The predicted octanol–water partition coefficient (Wildman–Crippen LogP) is 4.85. The molecule has 1 aromatic carbocycles. The number of aromatic hydroxyl groups is 1. The van der Waals surface area contributed by atoms with Gasteiger partial charge in [0.15, 0.2) is 0 Å². The van der Waals surface area contributed by atoms with E-state index in [1.54, 1.807) is 0 Å². The van der Waals surface area contributed by atoms with Gasteiger partial charge in [-0.05, 0) is 68.0 Å². The van der Waals surface area contributed by atoms with Crippen molar-refractivity contribution in [3.63, 3.8) is 0 Å². The number of carbonyl (C=O) groups is 1. The highest BCUT2D eigenvalue weighted by atomic mass is 16.3. The number of unbranched alkanes of at least 4 members (excludes halogenated alkanes) is 2. The van der Waals surface area contributed by atoms with Gasteiger partial charge in [0.05, 0.1) is 0 Å². The number of piperidine rings is 1. The van der Waals surface area contributed by atoms with Crippen molar-refractivity contribution in [1.82, 2.24) is 4.90 Å². The Kier molecular flexibility index (Phi) is 5.48. The lowest BCUT2D eigenvalue weighted by Crippen LogP contribution is -2.64. The van der Waals surface area contributed by atoms with Crippen LogP contribution in [0, 0.1) is 5.41 Å². The van der Waals surface area contributed by atoms with Crippen molar-refractivity contribution in [2.24, 2.45) is 5.41 Å². The van der Waals surface area contributed by atoms with E-state index in [4.69, 9.17) is 0 Å². The fraction of sp³-hybridized carbons (Fsp3) is 0.696. The van der Waals surface area contributed by atoms with Gasteiger partial charge in [-0.1, -0.05) is 39.7 Å². The van der Waals surface area contributed by atoms with Crippen LogP contribution in [0.25, 0.3) is 0 Å². The van der Waals surface area contributed by atoms with Crippen molar-refractivity contribution >= 4 is 5.78 Å². The van der Waals surface area contributed by atoms with Crippen molar-refractivity contribution in [2.45, 2.75) is 83.6 Å². The van der Waals surface area contributed by atoms with E-state index in [0.29, 0.717) is 24.0 Å². The molecule has 1 heterocycles. The monoisotopic (exact) mass is 357 g/mol. The number of rotatable bonds is 7. The first kappa shape index (κ1) is 19.4. The van der Waals surface area contributed by atoms with Crippen LogP contribution in [0.3, 0.4) is 0 Å². The molecule has 144 valence electrons. The van der Waals surface area contributed by atoms with Gasteiger partial charge < -0.3 is 10.0 Å². The second-order valence-corrected chi connectivity index (χ2v) is 9.04. The highest BCUT2D eigenvalue weighted by Crippen LogP contribution is 2.58. The second-order valence-electron chi connectivity index (χ2n) is 9.04. The number of benzene rings is 1. The van der Waals surface area contributed by atoms with E-state index >= 15 is 0 Å². The quantitative estimate of drug-likeness (QED) is 0.710. The van der Waals surface area contributed by atoms with E-state index in [1.165, 1.54) is 11.1 Å². The van der Waals surface area contributed by atoms with E-state index in [-0.39, 0.29) is 10.8 Å². The highest BCUT2D eigenvalue weighted by molar-refractivity contribution is 5.78. The minimum absolute atomic E-state index is 0.0141. The SMILES string of the molecule is CCCCCC(=O)CCC1(C)[C@H]2Cc3ccc(O)cc3[C@]1(C)CCN2C. The van der Waals surface area contributed by atoms with Gasteiger partial charge in [0, 0.05) is 24.3 Å². The number of phenolic OH excluding ortho intramolecular Hbond substituents is 1. The molecule has 0 aromatic heterocycles. The molecule has 3 nitrogen and oxygen atoms in total. The highest BCUT2D eigenvalue weighted by Gasteiger charge is 2.57. The summed E-state index contributed by atoms with van der Waals surface area (Å²) >= 11 is 0. The zero-order chi connectivity index (χ0) is 18.9. The normalized spacial score (nSPS) is 30.8. The molecule has 0 radical (unpaired) electrons. The van der Waals surface area contributed by atoms with Gasteiger partial charge in [0.25, 0.3) is 0 Å². The molecule has 2 aliphatic rings. The lowest BCUT2D eigenvalue weighted by molar-refractivity contribution is -0.121. The maximum atomic E-state index is 12.5. The summed E-state index contributed by atoms with van der Waals surface area (Å²) in [4.78, 5) is 15.0. The molecule has 1 aliphatic carbocycles. The first-order valence-electron chi connectivity index (χ1n) is 10.4. The largest absolute Gasteiger partial charge is 0.508 e. The van der Waals surface area contributed by atoms with Crippen LogP contribution in [0.5, 0.6) is 5.75 Å². The summed E-state index contributed by atoms with van der Waals surface area (Å²) < 4.78 is 0. The van der Waals surface area contributed by atoms with Crippen molar-refractivity contribution in [3.8, 4) is 5.75 Å². The summed E-state index contributed by atoms with van der Waals surface area (Å²) in [5.74, 6) is 0.783. The maximum absolute atomic E-state index is 12.5. The zero-order valence-electron chi connectivity index (χ0n) is 17.0. The summed E-state index contributed by atoms with van der Waals surface area (Å²) in [6.07, 6.45) is 7.81. The Morgan fingerprint density at radius 1 is 1.27 bits per heavy atom. The fourth-order valence-corrected chi connectivity index (χ4v) is 5.52. The Balaban J connectivity index is 1.86.